The summed E-state index contributed by atoms with van der Waals surface area (Å²) in [5.74, 6) is 1.21. The Labute approximate surface area is 150 Å². The van der Waals surface area contributed by atoms with E-state index in [1.54, 1.807) is 26.4 Å². The molecule has 1 aromatic heterocycles. The second-order valence-corrected chi connectivity index (χ2v) is 6.58. The topological polar surface area (TPSA) is 87.7 Å². The molecule has 2 aromatic rings. The molecule has 134 valence electrons. The molecular formula is C17H21N3O4S. The van der Waals surface area contributed by atoms with Crippen molar-refractivity contribution < 1.29 is 14.6 Å². The third kappa shape index (κ3) is 3.59. The van der Waals surface area contributed by atoms with Gasteiger partial charge in [0.15, 0.2) is 5.16 Å². The molecule has 0 amide bonds. The van der Waals surface area contributed by atoms with Crippen LogP contribution in [0.25, 0.3) is 0 Å². The predicted octanol–water partition coefficient (Wildman–Crippen LogP) is 1.77. The molecule has 0 fully saturated rings. The smallest absolute Gasteiger partial charge is 0.256 e. The van der Waals surface area contributed by atoms with Crippen molar-refractivity contribution in [3.05, 3.63) is 39.3 Å². The van der Waals surface area contributed by atoms with E-state index in [-0.39, 0.29) is 11.3 Å². The van der Waals surface area contributed by atoms with E-state index >= 15 is 0 Å². The summed E-state index contributed by atoms with van der Waals surface area (Å²) in [5.41, 5.74) is 2.34. The third-order valence-electron chi connectivity index (χ3n) is 4.29. The van der Waals surface area contributed by atoms with Gasteiger partial charge in [-0.2, -0.15) is 0 Å². The molecule has 7 nitrogen and oxygen atoms in total. The van der Waals surface area contributed by atoms with Crippen LogP contribution in [0.4, 0.5) is 0 Å². The zero-order chi connectivity index (χ0) is 18.0. The molecule has 2 heterocycles. The number of phenols is 1. The number of aromatic nitrogens is 2. The van der Waals surface area contributed by atoms with Gasteiger partial charge in [-0.3, -0.25) is 9.69 Å². The minimum atomic E-state index is -0.0799. The number of rotatable bonds is 5. The number of aromatic hydroxyl groups is 1. The summed E-state index contributed by atoms with van der Waals surface area (Å²) >= 11 is 1.43. The summed E-state index contributed by atoms with van der Waals surface area (Å²) in [7, 11) is 3.11. The number of H-pyrrole nitrogens is 1. The second-order valence-electron chi connectivity index (χ2n) is 5.79. The molecule has 1 aliphatic rings. The number of phenolic OH excluding ortho intramolecular Hbond substituents is 1. The highest BCUT2D eigenvalue weighted by Crippen LogP contribution is 2.35. The van der Waals surface area contributed by atoms with Gasteiger partial charge < -0.3 is 19.6 Å². The zero-order valence-corrected chi connectivity index (χ0v) is 15.3. The van der Waals surface area contributed by atoms with Crippen molar-refractivity contribution in [2.75, 3.05) is 27.0 Å². The van der Waals surface area contributed by atoms with E-state index in [0.29, 0.717) is 35.3 Å². The molecule has 0 saturated carbocycles. The molecule has 0 bridgehead atoms. The highest BCUT2D eigenvalue weighted by molar-refractivity contribution is 7.98. The van der Waals surface area contributed by atoms with Crippen LogP contribution < -0.4 is 15.0 Å². The number of fused-ring (bicyclic) bond motifs is 1. The lowest BCUT2D eigenvalue weighted by Crippen LogP contribution is -2.35. The van der Waals surface area contributed by atoms with E-state index < -0.39 is 0 Å². The van der Waals surface area contributed by atoms with Gasteiger partial charge in [0.2, 0.25) is 0 Å². The fraction of sp³-hybridized carbons (Fsp3) is 0.412. The Morgan fingerprint density at radius 1 is 1.32 bits per heavy atom. The number of hydrogen-bond acceptors (Lipinski definition) is 7. The molecule has 0 spiro atoms. The van der Waals surface area contributed by atoms with Gasteiger partial charge in [-0.25, -0.2) is 4.98 Å². The first-order valence-electron chi connectivity index (χ1n) is 7.88. The number of thioether (sulfide) groups is 1. The van der Waals surface area contributed by atoms with Crippen LogP contribution in [0.5, 0.6) is 17.2 Å². The van der Waals surface area contributed by atoms with Gasteiger partial charge in [0.1, 0.15) is 17.2 Å². The van der Waals surface area contributed by atoms with Crippen LogP contribution in [0, 0.1) is 0 Å². The predicted molar refractivity (Wildman–Crippen MR) is 95.7 cm³/mol. The van der Waals surface area contributed by atoms with Gasteiger partial charge in [-0.1, -0.05) is 11.8 Å². The second kappa shape index (κ2) is 7.37. The average molecular weight is 363 g/mol. The number of methoxy groups -OCH3 is 2. The molecule has 0 atom stereocenters. The minimum absolute atomic E-state index is 0.0799. The molecule has 0 unspecified atom stereocenters. The molecule has 0 radical (unpaired) electrons. The van der Waals surface area contributed by atoms with Crippen molar-refractivity contribution in [1.82, 2.24) is 14.9 Å². The van der Waals surface area contributed by atoms with E-state index in [1.165, 1.54) is 11.8 Å². The van der Waals surface area contributed by atoms with Crippen LogP contribution in [0.2, 0.25) is 0 Å². The number of aromatic amines is 1. The number of ether oxygens (including phenoxy) is 2. The normalized spacial score (nSPS) is 14.2. The molecular weight excluding hydrogens is 342 g/mol. The number of nitrogens with one attached hydrogen (secondary N) is 1. The Morgan fingerprint density at radius 2 is 2.00 bits per heavy atom. The molecule has 1 aliphatic heterocycles. The highest BCUT2D eigenvalue weighted by atomic mass is 32.2. The van der Waals surface area contributed by atoms with Gasteiger partial charge >= 0.3 is 0 Å². The monoisotopic (exact) mass is 363 g/mol. The van der Waals surface area contributed by atoms with E-state index in [0.717, 1.165) is 24.2 Å². The average Bonchev–Trinajstić information content (AvgIpc) is 2.62. The third-order valence-corrected chi connectivity index (χ3v) is 4.87. The lowest BCUT2D eigenvalue weighted by atomic mass is 10.1. The van der Waals surface area contributed by atoms with E-state index in [9.17, 15) is 9.90 Å². The summed E-state index contributed by atoms with van der Waals surface area (Å²) < 4.78 is 10.8. The Kier molecular flexibility index (Phi) is 5.19. The first kappa shape index (κ1) is 17.6. The number of nitrogens with zero attached hydrogens (tertiary/aromatic N) is 2. The van der Waals surface area contributed by atoms with Gasteiger partial charge in [0.25, 0.3) is 5.56 Å². The van der Waals surface area contributed by atoms with Crippen LogP contribution in [0.1, 0.15) is 16.8 Å². The van der Waals surface area contributed by atoms with Crippen molar-refractivity contribution in [3.63, 3.8) is 0 Å². The maximum Gasteiger partial charge on any atom is 0.256 e. The summed E-state index contributed by atoms with van der Waals surface area (Å²) in [6.45, 7) is 1.85. The molecule has 1 aromatic carbocycles. The lowest BCUT2D eigenvalue weighted by molar-refractivity contribution is 0.233. The minimum Gasteiger partial charge on any atom is -0.508 e. The quantitative estimate of drug-likeness (QED) is 0.618. The van der Waals surface area contributed by atoms with Crippen molar-refractivity contribution in [1.29, 1.82) is 0 Å². The Balaban J connectivity index is 1.88. The molecule has 25 heavy (non-hydrogen) atoms. The van der Waals surface area contributed by atoms with Gasteiger partial charge in [-0.05, 0) is 6.26 Å². The fourth-order valence-corrected chi connectivity index (χ4v) is 3.44. The van der Waals surface area contributed by atoms with Crippen LogP contribution in [0.3, 0.4) is 0 Å². The first-order chi connectivity index (χ1) is 12.0. The van der Waals surface area contributed by atoms with Crippen molar-refractivity contribution in [2.24, 2.45) is 0 Å². The maximum absolute atomic E-state index is 12.3. The van der Waals surface area contributed by atoms with Gasteiger partial charge in [-0.15, -0.1) is 0 Å². The first-order valence-corrected chi connectivity index (χ1v) is 9.10. The summed E-state index contributed by atoms with van der Waals surface area (Å²) in [6.07, 6.45) is 2.61. The van der Waals surface area contributed by atoms with Crippen molar-refractivity contribution >= 4 is 11.8 Å². The Hall–Kier alpha value is -2.19. The van der Waals surface area contributed by atoms with Gasteiger partial charge in [0, 0.05) is 38.2 Å². The lowest BCUT2D eigenvalue weighted by Gasteiger charge is -2.28. The molecule has 0 aliphatic carbocycles. The van der Waals surface area contributed by atoms with E-state index in [1.807, 2.05) is 6.26 Å². The number of benzene rings is 1. The number of hydrogen-bond donors (Lipinski definition) is 2. The van der Waals surface area contributed by atoms with E-state index in [2.05, 4.69) is 14.9 Å². The maximum atomic E-state index is 12.3. The van der Waals surface area contributed by atoms with E-state index in [4.69, 9.17) is 9.47 Å². The van der Waals surface area contributed by atoms with Crippen LogP contribution in [0.15, 0.2) is 22.1 Å². The molecule has 0 saturated heterocycles. The standard InChI is InChI=1S/C17H21N3O4S/c1-23-14-6-10(21)7-15(24-2)12(14)9-20-5-4-13-11(8-20)16(22)19-17(18-13)25-3/h6-7,21H,4-5,8-9H2,1-3H3,(H,18,19,22). The van der Waals surface area contributed by atoms with Crippen molar-refractivity contribution in [2.45, 2.75) is 24.7 Å². The van der Waals surface area contributed by atoms with Crippen LogP contribution in [-0.4, -0.2) is 47.0 Å². The molecule has 8 heteroatoms. The Bertz CT molecular complexity index is 812. The SMILES string of the molecule is COc1cc(O)cc(OC)c1CN1CCc2nc(SC)[nH]c(=O)c2C1. The zero-order valence-electron chi connectivity index (χ0n) is 14.5. The van der Waals surface area contributed by atoms with Crippen LogP contribution >= 0.6 is 11.8 Å². The highest BCUT2D eigenvalue weighted by Gasteiger charge is 2.23. The van der Waals surface area contributed by atoms with Gasteiger partial charge in [0.05, 0.1) is 31.0 Å². The van der Waals surface area contributed by atoms with Crippen LogP contribution in [-0.2, 0) is 19.5 Å². The van der Waals surface area contributed by atoms with Crippen molar-refractivity contribution in [3.8, 4) is 17.2 Å². The summed E-state index contributed by atoms with van der Waals surface area (Å²) in [4.78, 5) is 21.8. The fourth-order valence-electron chi connectivity index (χ4n) is 3.04. The largest absolute Gasteiger partial charge is 0.508 e. The summed E-state index contributed by atoms with van der Waals surface area (Å²) in [5, 5.41) is 10.4. The Morgan fingerprint density at radius 3 is 2.60 bits per heavy atom. The molecule has 2 N–H and O–H groups in total. The summed E-state index contributed by atoms with van der Waals surface area (Å²) in [6, 6.07) is 3.13. The molecule has 3 rings (SSSR count).